The summed E-state index contributed by atoms with van der Waals surface area (Å²) in [6.07, 6.45) is 2.01. The number of primary amides is 1. The summed E-state index contributed by atoms with van der Waals surface area (Å²) in [5.74, 6) is -4.82. The van der Waals surface area contributed by atoms with Crippen molar-refractivity contribution in [3.63, 3.8) is 0 Å². The maximum absolute atomic E-state index is 13.9. The van der Waals surface area contributed by atoms with Crippen LogP contribution in [0, 0.1) is 23.2 Å². The van der Waals surface area contributed by atoms with Crippen LogP contribution in [-0.4, -0.2) is 82.1 Å². The number of fused-ring (bicyclic) bond motifs is 1. The van der Waals surface area contributed by atoms with Crippen molar-refractivity contribution >= 4 is 58.7 Å². The molecular formula is C25H37Cl2N5O7. The highest BCUT2D eigenvalue weighted by atomic mass is 35.5. The van der Waals surface area contributed by atoms with E-state index in [0.717, 1.165) is 12.8 Å². The summed E-state index contributed by atoms with van der Waals surface area (Å²) in [5, 5.41) is 7.73. The zero-order valence-corrected chi connectivity index (χ0v) is 24.4. The summed E-state index contributed by atoms with van der Waals surface area (Å²) in [6, 6.07) is -4.17. The summed E-state index contributed by atoms with van der Waals surface area (Å²) < 4.78 is 3.46. The number of carbonyl (C=O) groups is 6. The van der Waals surface area contributed by atoms with Gasteiger partial charge in [0.05, 0.1) is 13.2 Å². The van der Waals surface area contributed by atoms with Gasteiger partial charge in [-0.3, -0.25) is 19.2 Å². The van der Waals surface area contributed by atoms with Gasteiger partial charge in [0, 0.05) is 18.4 Å². The minimum Gasteiger partial charge on any atom is -0.467 e. The predicted octanol–water partition coefficient (Wildman–Crippen LogP) is 0.622. The fourth-order valence-electron chi connectivity index (χ4n) is 5.05. The lowest BCUT2D eigenvalue weighted by atomic mass is 9.85. The van der Waals surface area contributed by atoms with Gasteiger partial charge >= 0.3 is 12.0 Å². The lowest BCUT2D eigenvalue weighted by molar-refractivity contribution is -0.146. The number of nitrogens with one attached hydrogen (secondary N) is 3. The molecule has 0 radical (unpaired) electrons. The number of nitrogens with zero attached hydrogens (tertiary/aromatic N) is 1. The first-order valence-electron chi connectivity index (χ1n) is 12.8. The molecule has 218 valence electrons. The highest BCUT2D eigenvalue weighted by Gasteiger charge is 2.74. The van der Waals surface area contributed by atoms with Crippen LogP contribution in [0.1, 0.15) is 53.9 Å². The molecule has 5 N–H and O–H groups in total. The Morgan fingerprint density at radius 2 is 1.64 bits per heavy atom. The molecule has 2 saturated carbocycles. The molecule has 0 spiro atoms. The van der Waals surface area contributed by atoms with Crippen LogP contribution >= 0.6 is 23.2 Å². The lowest BCUT2D eigenvalue weighted by Crippen LogP contribution is -2.63. The minimum absolute atomic E-state index is 0.0508. The van der Waals surface area contributed by atoms with E-state index in [1.807, 2.05) is 0 Å². The number of hydrogen-bond acceptors (Lipinski definition) is 7. The number of ether oxygens (including phenoxy) is 1. The van der Waals surface area contributed by atoms with Crippen LogP contribution < -0.4 is 21.7 Å². The molecule has 0 aromatic carbocycles. The van der Waals surface area contributed by atoms with Crippen molar-refractivity contribution < 1.29 is 33.5 Å². The van der Waals surface area contributed by atoms with Crippen molar-refractivity contribution in [2.24, 2.45) is 28.9 Å². The molecule has 14 heteroatoms. The van der Waals surface area contributed by atoms with E-state index in [9.17, 15) is 28.8 Å². The van der Waals surface area contributed by atoms with Crippen LogP contribution in [0.2, 0.25) is 0 Å². The van der Waals surface area contributed by atoms with Gasteiger partial charge in [-0.25, -0.2) is 9.59 Å². The number of ketones is 1. The number of likely N-dealkylation sites (tertiary alicyclic amines) is 1. The van der Waals surface area contributed by atoms with Crippen molar-refractivity contribution in [1.29, 1.82) is 0 Å². The highest BCUT2D eigenvalue weighted by molar-refractivity contribution is 6.51. The predicted molar refractivity (Wildman–Crippen MR) is 141 cm³/mol. The van der Waals surface area contributed by atoms with Crippen molar-refractivity contribution in [2.75, 3.05) is 13.7 Å². The fraction of sp³-hybridized carbons (Fsp3) is 0.760. The molecule has 3 rings (SSSR count). The number of hydrogen-bond donors (Lipinski definition) is 4. The standard InChI is InChI=1S/C25H37Cl2N5O7/c1-23(2,3)17(30-22(38)31-24(4,5)21(37)39-6)20(36)32-10-12-14(25(12,26)27)15(32)19(35)29-13(9-11-7-8-11)16(33)18(28)34/h11-15,17H,7-10H2,1-6H3,(H2,28,34)(H,29,35)(H2,30,31,38)/t12-,13?,14-,15-,17+/m0/s1. The quantitative estimate of drug-likeness (QED) is 0.164. The molecule has 0 aromatic rings. The van der Waals surface area contributed by atoms with Crippen LogP contribution in [0.5, 0.6) is 0 Å². The number of nitrogens with two attached hydrogens (primary N) is 1. The molecular weight excluding hydrogens is 553 g/mol. The summed E-state index contributed by atoms with van der Waals surface area (Å²) in [6.45, 7) is 8.15. The van der Waals surface area contributed by atoms with E-state index >= 15 is 0 Å². The third kappa shape index (κ3) is 6.59. The van der Waals surface area contributed by atoms with Crippen LogP contribution in [0.4, 0.5) is 4.79 Å². The number of Topliss-reactive ketones (excluding diaryl/α,β-unsaturated/α-hetero) is 1. The van der Waals surface area contributed by atoms with E-state index in [2.05, 4.69) is 16.0 Å². The fourth-order valence-corrected chi connectivity index (χ4v) is 5.88. The molecule has 1 saturated heterocycles. The Labute approximate surface area is 237 Å². The normalized spacial score (nSPS) is 25.0. The molecule has 3 fully saturated rings. The topological polar surface area (TPSA) is 177 Å². The van der Waals surface area contributed by atoms with Gasteiger partial charge in [0.15, 0.2) is 0 Å². The Hall–Kier alpha value is -2.60. The zero-order valence-electron chi connectivity index (χ0n) is 22.9. The smallest absolute Gasteiger partial charge is 0.331 e. The van der Waals surface area contributed by atoms with E-state index < -0.39 is 80.8 Å². The van der Waals surface area contributed by atoms with Gasteiger partial charge < -0.3 is 31.3 Å². The van der Waals surface area contributed by atoms with Gasteiger partial charge in [0.25, 0.3) is 5.91 Å². The SMILES string of the molecule is COC(=O)C(C)(C)NC(=O)N[C@H](C(=O)N1C[C@H]2[C@@H]([C@H]1C(=O)NC(CC1CC1)C(=O)C(N)=O)C2(Cl)Cl)C(C)(C)C. The summed E-state index contributed by atoms with van der Waals surface area (Å²) in [5.41, 5.74) is 3.01. The van der Waals surface area contributed by atoms with E-state index in [1.54, 1.807) is 20.8 Å². The Bertz CT molecular complexity index is 1070. The Morgan fingerprint density at radius 3 is 2.13 bits per heavy atom. The van der Waals surface area contributed by atoms with Gasteiger partial charge in [-0.15, -0.1) is 23.2 Å². The lowest BCUT2D eigenvalue weighted by Gasteiger charge is -2.38. The number of esters is 1. The van der Waals surface area contributed by atoms with Crippen molar-refractivity contribution in [3.8, 4) is 0 Å². The molecule has 1 unspecified atom stereocenters. The summed E-state index contributed by atoms with van der Waals surface area (Å²) >= 11 is 12.8. The molecule has 39 heavy (non-hydrogen) atoms. The molecule has 5 atom stereocenters. The van der Waals surface area contributed by atoms with Crippen molar-refractivity contribution in [3.05, 3.63) is 0 Å². The van der Waals surface area contributed by atoms with Crippen molar-refractivity contribution in [2.45, 2.75) is 81.9 Å². The second kappa shape index (κ2) is 10.8. The molecule has 1 aliphatic heterocycles. The minimum atomic E-state index is -1.37. The second-order valence-electron chi connectivity index (χ2n) is 12.2. The van der Waals surface area contributed by atoms with E-state index in [0.29, 0.717) is 0 Å². The number of alkyl halides is 2. The molecule has 0 aromatic heterocycles. The van der Waals surface area contributed by atoms with Crippen LogP contribution in [0.25, 0.3) is 0 Å². The van der Waals surface area contributed by atoms with Gasteiger partial charge in [0.2, 0.25) is 17.6 Å². The largest absolute Gasteiger partial charge is 0.467 e. The molecule has 0 bridgehead atoms. The average Bonchev–Trinajstić information content (AvgIpc) is 3.66. The second-order valence-corrected chi connectivity index (χ2v) is 13.7. The van der Waals surface area contributed by atoms with Gasteiger partial charge in [-0.05, 0) is 31.6 Å². The Morgan fingerprint density at radius 1 is 1.05 bits per heavy atom. The number of rotatable bonds is 10. The third-order valence-corrected chi connectivity index (χ3v) is 8.60. The number of halogens is 2. The van der Waals surface area contributed by atoms with Gasteiger partial charge in [-0.1, -0.05) is 33.6 Å². The van der Waals surface area contributed by atoms with Crippen LogP contribution in [0.3, 0.4) is 0 Å². The molecule has 12 nitrogen and oxygen atoms in total. The van der Waals surface area contributed by atoms with Crippen molar-refractivity contribution in [1.82, 2.24) is 20.9 Å². The molecule has 5 amide bonds. The first-order valence-corrected chi connectivity index (χ1v) is 13.6. The van der Waals surface area contributed by atoms with E-state index in [1.165, 1.54) is 25.9 Å². The van der Waals surface area contributed by atoms with Gasteiger partial charge in [0.1, 0.15) is 22.0 Å². The maximum Gasteiger partial charge on any atom is 0.331 e. The monoisotopic (exact) mass is 589 g/mol. The number of carbonyl (C=O) groups excluding carboxylic acids is 6. The Kier molecular flexibility index (Phi) is 8.53. The van der Waals surface area contributed by atoms with Gasteiger partial charge in [-0.2, -0.15) is 0 Å². The van der Waals surface area contributed by atoms with E-state index in [-0.39, 0.29) is 18.9 Å². The first-order chi connectivity index (χ1) is 17.8. The summed E-state index contributed by atoms with van der Waals surface area (Å²) in [7, 11) is 1.19. The number of urea groups is 1. The summed E-state index contributed by atoms with van der Waals surface area (Å²) in [4.78, 5) is 77.6. The average molecular weight is 591 g/mol. The molecule has 3 aliphatic rings. The number of piperidine rings is 1. The van der Waals surface area contributed by atoms with Crippen LogP contribution in [-0.2, 0) is 28.7 Å². The highest BCUT2D eigenvalue weighted by Crippen LogP contribution is 2.65. The third-order valence-electron chi connectivity index (χ3n) is 7.54. The van der Waals surface area contributed by atoms with E-state index in [4.69, 9.17) is 33.7 Å². The molecule has 2 aliphatic carbocycles. The Balaban J connectivity index is 1.82. The zero-order chi connectivity index (χ0) is 29.7. The maximum atomic E-state index is 13.9. The molecule has 1 heterocycles. The number of methoxy groups -OCH3 is 1. The van der Waals surface area contributed by atoms with Crippen LogP contribution in [0.15, 0.2) is 0 Å². The first kappa shape index (κ1) is 30.9. The number of amides is 5.